The number of fused-ring (bicyclic) bond motifs is 1. The summed E-state index contributed by atoms with van der Waals surface area (Å²) in [7, 11) is 0. The number of likely N-dealkylation sites (tertiary alicyclic amines) is 1. The third kappa shape index (κ3) is 5.60. The van der Waals surface area contributed by atoms with Crippen LogP contribution in [0.3, 0.4) is 0 Å². The minimum atomic E-state index is -0.925. The van der Waals surface area contributed by atoms with E-state index in [2.05, 4.69) is 20.0 Å². The lowest BCUT2D eigenvalue weighted by atomic mass is 9.92. The maximum Gasteiger partial charge on any atom is 0.253 e. The molecular formula is C28H38FN7O. The Balaban J connectivity index is 1.37. The second-order valence-corrected chi connectivity index (χ2v) is 10.6. The normalized spacial score (nSPS) is 18.3. The molecule has 9 heteroatoms. The highest BCUT2D eigenvalue weighted by atomic mass is 19.1. The van der Waals surface area contributed by atoms with Gasteiger partial charge in [-0.2, -0.15) is 10.1 Å². The van der Waals surface area contributed by atoms with Crippen LogP contribution in [0.2, 0.25) is 0 Å². The number of piperidine rings is 1. The van der Waals surface area contributed by atoms with E-state index in [0.717, 1.165) is 53.8 Å². The Morgan fingerprint density at radius 2 is 1.78 bits per heavy atom. The van der Waals surface area contributed by atoms with Crippen molar-refractivity contribution in [2.75, 3.05) is 25.0 Å². The van der Waals surface area contributed by atoms with E-state index in [1.54, 1.807) is 0 Å². The van der Waals surface area contributed by atoms with Gasteiger partial charge in [0.25, 0.3) is 5.91 Å². The molecule has 2 aliphatic rings. The third-order valence-electron chi connectivity index (χ3n) is 7.82. The summed E-state index contributed by atoms with van der Waals surface area (Å²) in [6.07, 6.45) is 8.96. The van der Waals surface area contributed by atoms with Crippen molar-refractivity contribution in [3.05, 3.63) is 41.0 Å². The molecule has 5 rings (SSSR count). The second kappa shape index (κ2) is 11.1. The average Bonchev–Trinajstić information content (AvgIpc) is 3.30. The first-order valence-electron chi connectivity index (χ1n) is 13.8. The first-order chi connectivity index (χ1) is 17.9. The van der Waals surface area contributed by atoms with Crippen molar-refractivity contribution < 1.29 is 9.18 Å². The molecule has 2 fully saturated rings. The fourth-order valence-electron chi connectivity index (χ4n) is 5.76. The molecule has 8 nitrogen and oxygen atoms in total. The molecule has 198 valence electrons. The number of carbonyl (C=O) groups excluding carboxylic acids is 1. The lowest BCUT2D eigenvalue weighted by molar-refractivity contribution is 0.0712. The highest BCUT2D eigenvalue weighted by Crippen LogP contribution is 2.36. The van der Waals surface area contributed by atoms with Crippen LogP contribution in [0.4, 0.5) is 10.3 Å². The van der Waals surface area contributed by atoms with Crippen molar-refractivity contribution in [3.63, 3.8) is 0 Å². The summed E-state index contributed by atoms with van der Waals surface area (Å²) in [5.41, 5.74) is 4.31. The van der Waals surface area contributed by atoms with Crippen molar-refractivity contribution in [1.29, 1.82) is 0 Å². The number of hydrogen-bond donors (Lipinski definition) is 1. The van der Waals surface area contributed by atoms with Gasteiger partial charge in [0.05, 0.1) is 17.1 Å². The summed E-state index contributed by atoms with van der Waals surface area (Å²) in [6, 6.07) is 4.07. The number of alkyl halides is 1. The molecule has 1 aliphatic heterocycles. The van der Waals surface area contributed by atoms with E-state index in [9.17, 15) is 9.18 Å². The Labute approximate surface area is 218 Å². The van der Waals surface area contributed by atoms with Crippen molar-refractivity contribution in [2.24, 2.45) is 0 Å². The zero-order valence-corrected chi connectivity index (χ0v) is 22.2. The molecule has 0 bridgehead atoms. The fourth-order valence-corrected chi connectivity index (χ4v) is 5.76. The standard InChI is InChI=1S/C28H38FN7O/c1-4-22(29)16-30-28-31-17-24-25(34-36(26(24)33-28)23-8-6-5-7-9-23)20-10-12-35(13-11-20)27(37)21-14-18(2)32-19(3)15-21/h14-15,17,20,22-23H,4-13,16H2,1-3H3,(H,30,31,33). The second-order valence-electron chi connectivity index (χ2n) is 10.6. The van der Waals surface area contributed by atoms with E-state index in [4.69, 9.17) is 10.1 Å². The topological polar surface area (TPSA) is 88.8 Å². The van der Waals surface area contributed by atoms with E-state index in [1.807, 2.05) is 44.0 Å². The lowest BCUT2D eigenvalue weighted by Gasteiger charge is -2.31. The van der Waals surface area contributed by atoms with Gasteiger partial charge in [-0.15, -0.1) is 0 Å². The molecule has 3 aromatic heterocycles. The van der Waals surface area contributed by atoms with Crippen LogP contribution in [0.5, 0.6) is 0 Å². The number of rotatable bonds is 7. The molecule has 4 heterocycles. The smallest absolute Gasteiger partial charge is 0.253 e. The van der Waals surface area contributed by atoms with Gasteiger partial charge in [0, 0.05) is 48.7 Å². The highest BCUT2D eigenvalue weighted by Gasteiger charge is 2.30. The van der Waals surface area contributed by atoms with Crippen LogP contribution in [0, 0.1) is 13.8 Å². The van der Waals surface area contributed by atoms with E-state index in [1.165, 1.54) is 19.3 Å². The Hall–Kier alpha value is -3.10. The molecule has 0 spiro atoms. The fraction of sp³-hybridized carbons (Fsp3) is 0.607. The summed E-state index contributed by atoms with van der Waals surface area (Å²) in [4.78, 5) is 28.8. The van der Waals surface area contributed by atoms with Gasteiger partial charge in [-0.3, -0.25) is 9.78 Å². The number of pyridine rings is 1. The number of halogens is 1. The minimum absolute atomic E-state index is 0.0712. The number of amides is 1. The van der Waals surface area contributed by atoms with Gasteiger partial charge in [-0.1, -0.05) is 26.2 Å². The van der Waals surface area contributed by atoms with E-state index >= 15 is 0 Å². The van der Waals surface area contributed by atoms with Gasteiger partial charge in [-0.25, -0.2) is 14.1 Å². The summed E-state index contributed by atoms with van der Waals surface area (Å²) in [5.74, 6) is 0.771. The Bertz CT molecular complexity index is 1220. The van der Waals surface area contributed by atoms with Gasteiger partial charge in [0.2, 0.25) is 5.95 Å². The van der Waals surface area contributed by atoms with Gasteiger partial charge in [-0.05, 0) is 58.1 Å². The van der Waals surface area contributed by atoms with Crippen LogP contribution < -0.4 is 5.32 Å². The van der Waals surface area contributed by atoms with E-state index in [0.29, 0.717) is 37.1 Å². The maximum absolute atomic E-state index is 13.8. The van der Waals surface area contributed by atoms with Crippen molar-refractivity contribution in [1.82, 2.24) is 29.6 Å². The van der Waals surface area contributed by atoms with Gasteiger partial charge in [0.1, 0.15) is 6.17 Å². The summed E-state index contributed by atoms with van der Waals surface area (Å²) in [5, 5.41) is 9.18. The zero-order valence-electron chi connectivity index (χ0n) is 22.2. The predicted molar refractivity (Wildman–Crippen MR) is 143 cm³/mol. The van der Waals surface area contributed by atoms with Crippen LogP contribution in [0.25, 0.3) is 11.0 Å². The third-order valence-corrected chi connectivity index (χ3v) is 7.82. The molecule has 1 unspecified atom stereocenters. The number of carbonyl (C=O) groups is 1. The molecule has 1 saturated carbocycles. The molecule has 1 atom stereocenters. The molecule has 3 aromatic rings. The number of nitrogens with one attached hydrogen (secondary N) is 1. The summed E-state index contributed by atoms with van der Waals surface area (Å²) < 4.78 is 15.9. The van der Waals surface area contributed by atoms with Crippen molar-refractivity contribution >= 4 is 22.9 Å². The van der Waals surface area contributed by atoms with Gasteiger partial charge >= 0.3 is 0 Å². The highest BCUT2D eigenvalue weighted by molar-refractivity contribution is 5.94. The number of nitrogens with zero attached hydrogens (tertiary/aromatic N) is 6. The largest absolute Gasteiger partial charge is 0.351 e. The van der Waals surface area contributed by atoms with Crippen LogP contribution in [0.1, 0.15) is 97.7 Å². The van der Waals surface area contributed by atoms with Crippen molar-refractivity contribution in [2.45, 2.75) is 90.3 Å². The lowest BCUT2D eigenvalue weighted by Crippen LogP contribution is -2.38. The van der Waals surface area contributed by atoms with Crippen LogP contribution in [-0.2, 0) is 0 Å². The molecule has 1 saturated heterocycles. The number of anilines is 1. The predicted octanol–water partition coefficient (Wildman–Crippen LogP) is 5.52. The molecule has 1 amide bonds. The van der Waals surface area contributed by atoms with Crippen LogP contribution in [0.15, 0.2) is 18.3 Å². The Morgan fingerprint density at radius 1 is 1.08 bits per heavy atom. The van der Waals surface area contributed by atoms with Gasteiger partial charge < -0.3 is 10.2 Å². The SMILES string of the molecule is CCC(F)CNc1ncc2c(C3CCN(C(=O)c4cc(C)nc(C)c4)CC3)nn(C3CCCCC3)c2n1. The quantitative estimate of drug-likeness (QED) is 0.453. The zero-order chi connectivity index (χ0) is 25.9. The molecule has 0 radical (unpaired) electrons. The molecule has 37 heavy (non-hydrogen) atoms. The summed E-state index contributed by atoms with van der Waals surface area (Å²) in [6.45, 7) is 7.27. The maximum atomic E-state index is 13.8. The van der Waals surface area contributed by atoms with Gasteiger partial charge in [0.15, 0.2) is 5.65 Å². The minimum Gasteiger partial charge on any atom is -0.351 e. The first-order valence-corrected chi connectivity index (χ1v) is 13.8. The average molecular weight is 508 g/mol. The van der Waals surface area contributed by atoms with Crippen LogP contribution >= 0.6 is 0 Å². The molecule has 1 N–H and O–H groups in total. The van der Waals surface area contributed by atoms with Crippen molar-refractivity contribution in [3.8, 4) is 0 Å². The Morgan fingerprint density at radius 3 is 2.46 bits per heavy atom. The van der Waals surface area contributed by atoms with Crippen LogP contribution in [-0.4, -0.2) is 61.3 Å². The first kappa shape index (κ1) is 25.5. The number of aryl methyl sites for hydroxylation is 2. The summed E-state index contributed by atoms with van der Waals surface area (Å²) >= 11 is 0. The molecular weight excluding hydrogens is 469 g/mol. The van der Waals surface area contributed by atoms with E-state index < -0.39 is 6.17 Å². The molecule has 0 aromatic carbocycles. The van der Waals surface area contributed by atoms with E-state index in [-0.39, 0.29) is 18.4 Å². The number of hydrogen-bond acceptors (Lipinski definition) is 6. The Kier molecular flexibility index (Phi) is 7.67. The number of aromatic nitrogens is 5. The monoisotopic (exact) mass is 507 g/mol. The molecule has 1 aliphatic carbocycles.